The minimum absolute atomic E-state index is 0.00910. The summed E-state index contributed by atoms with van der Waals surface area (Å²) in [7, 11) is -3.07. The Morgan fingerprint density at radius 1 is 1.08 bits per heavy atom. The maximum absolute atomic E-state index is 12.8. The average Bonchev–Trinajstić information content (AvgIpc) is 3.37. The Bertz CT molecular complexity index is 813. The molecule has 0 atom stereocenters. The van der Waals surface area contributed by atoms with Crippen molar-refractivity contribution in [1.29, 1.82) is 0 Å². The van der Waals surface area contributed by atoms with Crippen LogP contribution < -0.4 is 0 Å². The molecule has 0 unspecified atom stereocenters. The van der Waals surface area contributed by atoms with Crippen molar-refractivity contribution in [2.75, 3.05) is 6.26 Å². The van der Waals surface area contributed by atoms with Gasteiger partial charge < -0.3 is 4.90 Å². The fourth-order valence-corrected chi connectivity index (χ4v) is 3.45. The molecule has 1 aliphatic carbocycles. The minimum Gasteiger partial charge on any atom is -0.331 e. The van der Waals surface area contributed by atoms with Crippen molar-refractivity contribution in [3.8, 4) is 0 Å². The first kappa shape index (κ1) is 16.6. The fraction of sp³-hybridized carbons (Fsp3) is 0.333. The van der Waals surface area contributed by atoms with E-state index in [4.69, 9.17) is 0 Å². The monoisotopic (exact) mass is 344 g/mol. The van der Waals surface area contributed by atoms with Crippen molar-refractivity contribution >= 4 is 15.7 Å². The van der Waals surface area contributed by atoms with Gasteiger partial charge in [-0.15, -0.1) is 0 Å². The van der Waals surface area contributed by atoms with Gasteiger partial charge in [-0.3, -0.25) is 9.78 Å². The normalized spacial score (nSPS) is 14.4. The molecule has 0 bridgehead atoms. The Labute approximate surface area is 142 Å². The van der Waals surface area contributed by atoms with E-state index in [-0.39, 0.29) is 11.7 Å². The second-order valence-corrected chi connectivity index (χ2v) is 8.43. The predicted molar refractivity (Wildman–Crippen MR) is 92.1 cm³/mol. The Balaban J connectivity index is 1.75. The fourth-order valence-electron chi connectivity index (χ4n) is 2.65. The van der Waals surface area contributed by atoms with Crippen molar-refractivity contribution in [3.63, 3.8) is 0 Å². The number of hydrogen-bond donors (Lipinski definition) is 0. The molecule has 0 radical (unpaired) electrons. The van der Waals surface area contributed by atoms with Crippen molar-refractivity contribution in [2.45, 2.75) is 31.2 Å². The Morgan fingerprint density at radius 2 is 1.71 bits per heavy atom. The van der Waals surface area contributed by atoms with Crippen molar-refractivity contribution < 1.29 is 13.2 Å². The summed E-state index contributed by atoms with van der Waals surface area (Å²) < 4.78 is 22.7. The van der Waals surface area contributed by atoms with E-state index >= 15 is 0 Å². The number of pyridine rings is 1. The highest BCUT2D eigenvalue weighted by molar-refractivity contribution is 7.89. The van der Waals surface area contributed by atoms with Gasteiger partial charge in [-0.1, -0.05) is 12.1 Å². The molecule has 1 aliphatic rings. The van der Waals surface area contributed by atoms with E-state index in [1.807, 2.05) is 17.0 Å². The third-order valence-corrected chi connectivity index (χ3v) is 4.84. The molecule has 0 N–H and O–H groups in total. The van der Waals surface area contributed by atoms with Crippen molar-refractivity contribution in [1.82, 2.24) is 9.88 Å². The van der Waals surface area contributed by atoms with Gasteiger partial charge in [0, 0.05) is 36.8 Å². The molecule has 24 heavy (non-hydrogen) atoms. The third kappa shape index (κ3) is 4.41. The molecular weight excluding hydrogens is 324 g/mol. The molecule has 1 heterocycles. The van der Waals surface area contributed by atoms with Crippen LogP contribution in [0.1, 0.15) is 34.3 Å². The van der Waals surface area contributed by atoms with Crippen LogP contribution in [0.5, 0.6) is 0 Å². The number of aromatic nitrogens is 1. The molecule has 1 fully saturated rings. The zero-order valence-electron chi connectivity index (χ0n) is 13.6. The number of rotatable bonds is 6. The van der Waals surface area contributed by atoms with Crippen LogP contribution in [0.3, 0.4) is 0 Å². The van der Waals surface area contributed by atoms with Gasteiger partial charge in [-0.25, -0.2) is 8.42 Å². The lowest BCUT2D eigenvalue weighted by Gasteiger charge is -2.22. The molecular formula is C18H20N2O3S. The van der Waals surface area contributed by atoms with Crippen LogP contribution in [0.4, 0.5) is 0 Å². The first-order valence-corrected chi connectivity index (χ1v) is 9.95. The van der Waals surface area contributed by atoms with Gasteiger partial charge in [0.2, 0.25) is 0 Å². The third-order valence-electron chi connectivity index (χ3n) is 3.98. The summed E-state index contributed by atoms with van der Waals surface area (Å²) in [6.07, 6.45) is 6.72. The van der Waals surface area contributed by atoms with Crippen molar-refractivity contribution in [2.24, 2.45) is 0 Å². The van der Waals surface area contributed by atoms with Crippen LogP contribution in [-0.2, 0) is 22.1 Å². The first-order chi connectivity index (χ1) is 11.4. The maximum Gasteiger partial charge on any atom is 0.254 e. The molecule has 126 valence electrons. The molecule has 1 saturated carbocycles. The van der Waals surface area contributed by atoms with Crippen LogP contribution in [0, 0.1) is 0 Å². The predicted octanol–water partition coefficient (Wildman–Crippen LogP) is 2.43. The lowest BCUT2D eigenvalue weighted by Crippen LogP contribution is -2.32. The summed E-state index contributed by atoms with van der Waals surface area (Å²) in [4.78, 5) is 18.7. The Kier molecular flexibility index (Phi) is 4.66. The van der Waals surface area contributed by atoms with E-state index in [9.17, 15) is 13.2 Å². The van der Waals surface area contributed by atoms with E-state index in [2.05, 4.69) is 4.98 Å². The van der Waals surface area contributed by atoms with Crippen molar-refractivity contribution in [3.05, 3.63) is 65.5 Å². The van der Waals surface area contributed by atoms with E-state index in [1.165, 1.54) is 6.26 Å². The highest BCUT2D eigenvalue weighted by Gasteiger charge is 2.33. The summed E-state index contributed by atoms with van der Waals surface area (Å²) in [6.45, 7) is 0.567. The number of nitrogens with zero attached hydrogens (tertiary/aromatic N) is 2. The van der Waals surface area contributed by atoms with Gasteiger partial charge in [-0.2, -0.15) is 0 Å². The SMILES string of the molecule is CS(=O)(=O)Cc1ccc(C(=O)N(Cc2ccncc2)C2CC2)cc1. The number of carbonyl (C=O) groups is 1. The summed E-state index contributed by atoms with van der Waals surface area (Å²) in [5, 5.41) is 0. The number of benzene rings is 1. The van der Waals surface area contributed by atoms with Gasteiger partial charge in [0.15, 0.2) is 9.84 Å². The van der Waals surface area contributed by atoms with Gasteiger partial charge in [0.25, 0.3) is 5.91 Å². The zero-order valence-corrected chi connectivity index (χ0v) is 14.4. The quantitative estimate of drug-likeness (QED) is 0.807. The van der Waals surface area contributed by atoms with Gasteiger partial charge in [-0.05, 0) is 48.2 Å². The molecule has 6 heteroatoms. The largest absolute Gasteiger partial charge is 0.331 e. The van der Waals surface area contributed by atoms with E-state index in [1.54, 1.807) is 36.7 Å². The number of amides is 1. The van der Waals surface area contributed by atoms with Crippen LogP contribution in [0.15, 0.2) is 48.8 Å². The molecule has 3 rings (SSSR count). The Hall–Kier alpha value is -2.21. The van der Waals surface area contributed by atoms with E-state index in [0.717, 1.165) is 18.4 Å². The second kappa shape index (κ2) is 6.73. The summed E-state index contributed by atoms with van der Waals surface area (Å²) >= 11 is 0. The number of carbonyl (C=O) groups excluding carboxylic acids is 1. The topological polar surface area (TPSA) is 67.3 Å². The number of sulfone groups is 1. The molecule has 1 amide bonds. The molecule has 1 aromatic carbocycles. The highest BCUT2D eigenvalue weighted by atomic mass is 32.2. The molecule has 0 saturated heterocycles. The van der Waals surface area contributed by atoms with Gasteiger partial charge >= 0.3 is 0 Å². The van der Waals surface area contributed by atoms with Gasteiger partial charge in [0.05, 0.1) is 5.75 Å². The molecule has 0 aliphatic heterocycles. The molecule has 5 nitrogen and oxygen atoms in total. The van der Waals surface area contributed by atoms with Crippen LogP contribution in [-0.4, -0.2) is 36.5 Å². The summed E-state index contributed by atoms with van der Waals surface area (Å²) in [5.74, 6) is -0.0228. The van der Waals surface area contributed by atoms with E-state index < -0.39 is 9.84 Å². The standard InChI is InChI=1S/C18H20N2O3S/c1-24(22,23)13-15-2-4-16(5-3-15)18(21)20(17-6-7-17)12-14-8-10-19-11-9-14/h2-5,8-11,17H,6-7,12-13H2,1H3. The smallest absolute Gasteiger partial charge is 0.254 e. The lowest BCUT2D eigenvalue weighted by atomic mass is 10.1. The molecule has 1 aromatic heterocycles. The lowest BCUT2D eigenvalue weighted by molar-refractivity contribution is 0.0730. The van der Waals surface area contributed by atoms with Crippen LogP contribution in [0.2, 0.25) is 0 Å². The average molecular weight is 344 g/mol. The summed E-state index contributed by atoms with van der Waals surface area (Å²) in [6, 6.07) is 11.0. The maximum atomic E-state index is 12.8. The van der Waals surface area contributed by atoms with Gasteiger partial charge in [0.1, 0.15) is 0 Å². The van der Waals surface area contributed by atoms with Crippen LogP contribution in [0.25, 0.3) is 0 Å². The number of hydrogen-bond acceptors (Lipinski definition) is 4. The summed E-state index contributed by atoms with van der Waals surface area (Å²) in [5.41, 5.74) is 2.34. The molecule has 0 spiro atoms. The van der Waals surface area contributed by atoms with Crippen LogP contribution >= 0.6 is 0 Å². The Morgan fingerprint density at radius 3 is 2.25 bits per heavy atom. The molecule has 2 aromatic rings. The first-order valence-electron chi connectivity index (χ1n) is 7.89. The van der Waals surface area contributed by atoms with E-state index in [0.29, 0.717) is 23.7 Å². The highest BCUT2D eigenvalue weighted by Crippen LogP contribution is 2.29. The zero-order chi connectivity index (χ0) is 17.2. The second-order valence-electron chi connectivity index (χ2n) is 6.29. The minimum atomic E-state index is -3.07.